The third-order valence-electron chi connectivity index (χ3n) is 6.54. The number of carbonyl (C=O) groups excluding carboxylic acids is 2. The second kappa shape index (κ2) is 7.80. The zero-order valence-corrected chi connectivity index (χ0v) is 15.6. The molecule has 0 radical (unpaired) electrons. The Morgan fingerprint density at radius 3 is 1.92 bits per heavy atom. The van der Waals surface area contributed by atoms with Crippen LogP contribution in [0.15, 0.2) is 18.5 Å². The summed E-state index contributed by atoms with van der Waals surface area (Å²) in [5.74, 6) is 1.65. The highest BCUT2D eigenvalue weighted by molar-refractivity contribution is 5.81. The number of hydrogen-bond acceptors (Lipinski definition) is 3. The summed E-state index contributed by atoms with van der Waals surface area (Å²) in [6, 6.07) is 1.96. The van der Waals surface area contributed by atoms with E-state index in [4.69, 9.17) is 0 Å². The van der Waals surface area contributed by atoms with Gasteiger partial charge in [0.15, 0.2) is 0 Å². The molecule has 1 aromatic heterocycles. The lowest BCUT2D eigenvalue weighted by atomic mass is 9.83. The summed E-state index contributed by atoms with van der Waals surface area (Å²) in [5, 5.41) is 4.29. The summed E-state index contributed by atoms with van der Waals surface area (Å²) in [6.07, 6.45) is 10.9. The summed E-state index contributed by atoms with van der Waals surface area (Å²) in [7, 11) is 0. The number of likely N-dealkylation sites (tertiary alicyclic amines) is 2. The first-order valence-electron chi connectivity index (χ1n) is 10.3. The molecule has 0 atom stereocenters. The molecule has 0 aromatic carbocycles. The van der Waals surface area contributed by atoms with Crippen molar-refractivity contribution in [3.8, 4) is 0 Å². The molecular formula is C20H30N4O2. The molecule has 26 heavy (non-hydrogen) atoms. The fraction of sp³-hybridized carbons (Fsp3) is 0.750. The quantitative estimate of drug-likeness (QED) is 0.829. The molecule has 6 heteroatoms. The zero-order chi connectivity index (χ0) is 17.9. The minimum atomic E-state index is 0.114. The molecule has 0 spiro atoms. The summed E-state index contributed by atoms with van der Waals surface area (Å²) in [6.45, 7) is 4.22. The molecule has 1 aliphatic carbocycles. The van der Waals surface area contributed by atoms with Gasteiger partial charge in [0.1, 0.15) is 0 Å². The lowest BCUT2D eigenvalue weighted by Gasteiger charge is -2.39. The average molecular weight is 358 g/mol. The minimum Gasteiger partial charge on any atom is -0.342 e. The van der Waals surface area contributed by atoms with Crippen LogP contribution in [0.5, 0.6) is 0 Å². The van der Waals surface area contributed by atoms with E-state index in [2.05, 4.69) is 10.00 Å². The third kappa shape index (κ3) is 3.79. The van der Waals surface area contributed by atoms with E-state index >= 15 is 0 Å². The van der Waals surface area contributed by atoms with Gasteiger partial charge in [-0.1, -0.05) is 6.42 Å². The second-order valence-corrected chi connectivity index (χ2v) is 8.22. The first kappa shape index (κ1) is 17.6. The minimum absolute atomic E-state index is 0.114. The summed E-state index contributed by atoms with van der Waals surface area (Å²) >= 11 is 0. The molecule has 2 amide bonds. The number of hydrogen-bond donors (Lipinski definition) is 0. The van der Waals surface area contributed by atoms with Crippen LogP contribution < -0.4 is 0 Å². The van der Waals surface area contributed by atoms with Crippen molar-refractivity contribution in [2.75, 3.05) is 26.2 Å². The van der Waals surface area contributed by atoms with Crippen LogP contribution in [0.1, 0.15) is 44.9 Å². The number of piperidine rings is 2. The Bertz CT molecular complexity index is 610. The summed E-state index contributed by atoms with van der Waals surface area (Å²) < 4.78 is 2.00. The molecule has 0 N–H and O–H groups in total. The van der Waals surface area contributed by atoms with E-state index in [1.165, 1.54) is 6.42 Å². The van der Waals surface area contributed by atoms with Gasteiger partial charge in [0.05, 0.1) is 0 Å². The molecule has 4 rings (SSSR count). The van der Waals surface area contributed by atoms with Crippen molar-refractivity contribution in [3.63, 3.8) is 0 Å². The lowest BCUT2D eigenvalue weighted by Crippen LogP contribution is -2.48. The molecule has 0 unspecified atom stereocenters. The molecule has 2 aliphatic heterocycles. The largest absolute Gasteiger partial charge is 0.342 e. The molecule has 3 heterocycles. The number of nitrogens with zero attached hydrogens (tertiary/aromatic N) is 4. The van der Waals surface area contributed by atoms with Crippen molar-refractivity contribution in [1.29, 1.82) is 0 Å². The van der Waals surface area contributed by atoms with E-state index in [1.54, 1.807) is 0 Å². The predicted octanol–water partition coefficient (Wildman–Crippen LogP) is 2.16. The molecule has 2 saturated heterocycles. The van der Waals surface area contributed by atoms with Crippen LogP contribution in [0.2, 0.25) is 0 Å². The van der Waals surface area contributed by atoms with E-state index in [1.807, 2.05) is 28.0 Å². The highest BCUT2D eigenvalue weighted by Gasteiger charge is 2.35. The second-order valence-electron chi connectivity index (χ2n) is 8.22. The van der Waals surface area contributed by atoms with Crippen LogP contribution in [0.25, 0.3) is 0 Å². The Hall–Kier alpha value is -1.85. The maximum absolute atomic E-state index is 12.9. The van der Waals surface area contributed by atoms with Gasteiger partial charge in [-0.05, 0) is 50.5 Å². The summed E-state index contributed by atoms with van der Waals surface area (Å²) in [5.41, 5.74) is 0. The Kier molecular flexibility index (Phi) is 5.27. The van der Waals surface area contributed by atoms with Crippen LogP contribution in [0, 0.1) is 17.8 Å². The maximum atomic E-state index is 12.9. The van der Waals surface area contributed by atoms with E-state index in [9.17, 15) is 9.59 Å². The molecule has 1 saturated carbocycles. The van der Waals surface area contributed by atoms with E-state index < -0.39 is 0 Å². The number of amides is 2. The standard InChI is InChI=1S/C20H30N4O2/c25-19(17-3-1-4-17)23-13-7-18(8-14-23)20(26)22-11-5-16(6-12-22)15-24-10-2-9-21-24/h2,9-10,16-18H,1,3-8,11-15H2. The molecule has 142 valence electrons. The topological polar surface area (TPSA) is 58.4 Å². The molecular weight excluding hydrogens is 328 g/mol. The van der Waals surface area contributed by atoms with Gasteiger partial charge in [-0.25, -0.2) is 0 Å². The van der Waals surface area contributed by atoms with Crippen molar-refractivity contribution in [2.45, 2.75) is 51.5 Å². The van der Waals surface area contributed by atoms with Gasteiger partial charge < -0.3 is 9.80 Å². The third-order valence-corrected chi connectivity index (χ3v) is 6.54. The first-order chi connectivity index (χ1) is 12.7. The smallest absolute Gasteiger partial charge is 0.225 e. The van der Waals surface area contributed by atoms with Crippen LogP contribution in [-0.2, 0) is 16.1 Å². The van der Waals surface area contributed by atoms with Crippen molar-refractivity contribution in [3.05, 3.63) is 18.5 Å². The van der Waals surface area contributed by atoms with E-state index in [0.717, 1.165) is 71.2 Å². The number of carbonyl (C=O) groups is 2. The Balaban J connectivity index is 1.21. The zero-order valence-electron chi connectivity index (χ0n) is 15.6. The molecule has 1 aromatic rings. The van der Waals surface area contributed by atoms with Gasteiger partial charge in [-0.2, -0.15) is 5.10 Å². The van der Waals surface area contributed by atoms with Gasteiger partial charge in [0.25, 0.3) is 0 Å². The highest BCUT2D eigenvalue weighted by Crippen LogP contribution is 2.30. The predicted molar refractivity (Wildman–Crippen MR) is 98.2 cm³/mol. The Morgan fingerprint density at radius 1 is 0.846 bits per heavy atom. The monoisotopic (exact) mass is 358 g/mol. The maximum Gasteiger partial charge on any atom is 0.225 e. The van der Waals surface area contributed by atoms with Gasteiger partial charge in [-0.15, -0.1) is 0 Å². The highest BCUT2D eigenvalue weighted by atomic mass is 16.2. The molecule has 0 bridgehead atoms. The van der Waals surface area contributed by atoms with Gasteiger partial charge in [-0.3, -0.25) is 14.3 Å². The average Bonchev–Trinajstić information content (AvgIpc) is 3.13. The van der Waals surface area contributed by atoms with Crippen molar-refractivity contribution < 1.29 is 9.59 Å². The molecule has 3 aliphatic rings. The first-order valence-corrected chi connectivity index (χ1v) is 10.3. The number of aromatic nitrogens is 2. The molecule has 6 nitrogen and oxygen atoms in total. The number of rotatable bonds is 4. The van der Waals surface area contributed by atoms with E-state index in [-0.39, 0.29) is 11.8 Å². The molecule has 3 fully saturated rings. The van der Waals surface area contributed by atoms with Crippen LogP contribution >= 0.6 is 0 Å². The van der Waals surface area contributed by atoms with Gasteiger partial charge in [0.2, 0.25) is 11.8 Å². The van der Waals surface area contributed by atoms with Crippen LogP contribution in [0.3, 0.4) is 0 Å². The van der Waals surface area contributed by atoms with E-state index in [0.29, 0.717) is 17.7 Å². The van der Waals surface area contributed by atoms with Crippen molar-refractivity contribution >= 4 is 11.8 Å². The van der Waals surface area contributed by atoms with Crippen LogP contribution in [-0.4, -0.2) is 57.6 Å². The van der Waals surface area contributed by atoms with Gasteiger partial charge >= 0.3 is 0 Å². The fourth-order valence-corrected chi connectivity index (χ4v) is 4.53. The SMILES string of the molecule is O=C(C1CCN(C(=O)C2CCC2)CC1)N1CCC(Cn2cccn2)CC1. The van der Waals surface area contributed by atoms with Crippen LogP contribution in [0.4, 0.5) is 0 Å². The normalized spacial score (nSPS) is 23.1. The fourth-order valence-electron chi connectivity index (χ4n) is 4.53. The lowest BCUT2D eigenvalue weighted by molar-refractivity contribution is -0.144. The summed E-state index contributed by atoms with van der Waals surface area (Å²) in [4.78, 5) is 29.3. The van der Waals surface area contributed by atoms with Gasteiger partial charge in [0, 0.05) is 57.0 Å². The van der Waals surface area contributed by atoms with Crippen molar-refractivity contribution in [1.82, 2.24) is 19.6 Å². The Morgan fingerprint density at radius 2 is 1.42 bits per heavy atom. The Labute approximate surface area is 155 Å². The van der Waals surface area contributed by atoms with Crippen molar-refractivity contribution in [2.24, 2.45) is 17.8 Å².